The van der Waals surface area contributed by atoms with Gasteiger partial charge in [-0.05, 0) is 66.7 Å². The molecule has 6 heteroatoms. The Balaban J connectivity index is 1.88. The van der Waals surface area contributed by atoms with Crippen molar-refractivity contribution < 1.29 is 13.9 Å². The number of amides is 1. The van der Waals surface area contributed by atoms with Crippen LogP contribution >= 0.6 is 11.6 Å². The Bertz CT molecular complexity index is 1280. The Labute approximate surface area is 178 Å². The molecule has 0 saturated carbocycles. The monoisotopic (exact) mass is 418 g/mol. The lowest BCUT2D eigenvalue weighted by molar-refractivity contribution is -0.114. The number of methoxy groups -OCH3 is 1. The predicted molar refractivity (Wildman–Crippen MR) is 119 cm³/mol. The van der Waals surface area contributed by atoms with Gasteiger partial charge in [-0.1, -0.05) is 11.6 Å². The van der Waals surface area contributed by atoms with Crippen LogP contribution in [-0.2, 0) is 4.79 Å². The summed E-state index contributed by atoms with van der Waals surface area (Å²) in [5.74, 6) is 1.28. The fraction of sp³-hybridized carbons (Fsp3) is 0.0833. The number of hydrogen-bond acceptors (Lipinski definition) is 4. The van der Waals surface area contributed by atoms with Gasteiger partial charge in [-0.15, -0.1) is 0 Å². The maximum Gasteiger partial charge on any atom is 0.221 e. The van der Waals surface area contributed by atoms with Gasteiger partial charge in [0.1, 0.15) is 17.1 Å². The summed E-state index contributed by atoms with van der Waals surface area (Å²) in [6.45, 7) is 1.48. The molecule has 0 aliphatic rings. The third-order valence-corrected chi connectivity index (χ3v) is 4.77. The summed E-state index contributed by atoms with van der Waals surface area (Å²) in [5.41, 5.74) is 3.06. The minimum atomic E-state index is -0.116. The van der Waals surface area contributed by atoms with E-state index in [1.165, 1.54) is 6.92 Å². The van der Waals surface area contributed by atoms with E-state index >= 15 is 0 Å². The highest BCUT2D eigenvalue weighted by molar-refractivity contribution is 6.30. The van der Waals surface area contributed by atoms with Gasteiger partial charge in [0.15, 0.2) is 0 Å². The van der Waals surface area contributed by atoms with E-state index < -0.39 is 0 Å². The molecule has 0 unspecified atom stereocenters. The van der Waals surface area contributed by atoms with Crippen LogP contribution in [0.2, 0.25) is 5.02 Å². The molecule has 1 aromatic heterocycles. The molecule has 0 bridgehead atoms. The van der Waals surface area contributed by atoms with Crippen molar-refractivity contribution in [1.82, 2.24) is 0 Å². The number of nitrogens with one attached hydrogen (secondary N) is 1. The molecule has 1 amide bonds. The SMILES string of the molecule is COc1ccc2oc(-c3ccc(Cl)cc3)cc(=Nc3ccc(NC(C)=O)cc3)c2c1. The predicted octanol–water partition coefficient (Wildman–Crippen LogP) is 5.95. The lowest BCUT2D eigenvalue weighted by Gasteiger charge is -2.07. The van der Waals surface area contributed by atoms with Crippen molar-refractivity contribution in [2.45, 2.75) is 6.92 Å². The molecule has 150 valence electrons. The van der Waals surface area contributed by atoms with Crippen LogP contribution in [0.1, 0.15) is 6.92 Å². The Hall–Kier alpha value is -3.57. The average Bonchev–Trinajstić information content (AvgIpc) is 2.75. The maximum atomic E-state index is 11.2. The Morgan fingerprint density at radius 1 is 1.00 bits per heavy atom. The molecule has 0 aliphatic carbocycles. The summed E-state index contributed by atoms with van der Waals surface area (Å²) >= 11 is 6.02. The van der Waals surface area contributed by atoms with Crippen molar-refractivity contribution in [1.29, 1.82) is 0 Å². The van der Waals surface area contributed by atoms with Crippen molar-refractivity contribution in [2.75, 3.05) is 12.4 Å². The van der Waals surface area contributed by atoms with E-state index in [0.29, 0.717) is 16.4 Å². The Kier molecular flexibility index (Phi) is 5.55. The molecule has 0 spiro atoms. The Morgan fingerprint density at radius 2 is 1.73 bits per heavy atom. The lowest BCUT2D eigenvalue weighted by Crippen LogP contribution is -2.05. The number of benzene rings is 3. The number of carbonyl (C=O) groups is 1. The first-order valence-corrected chi connectivity index (χ1v) is 9.70. The summed E-state index contributed by atoms with van der Waals surface area (Å²) in [4.78, 5) is 16.0. The van der Waals surface area contributed by atoms with Gasteiger partial charge >= 0.3 is 0 Å². The second-order valence-corrected chi connectivity index (χ2v) is 7.14. The fourth-order valence-corrected chi connectivity index (χ4v) is 3.21. The number of hydrogen-bond donors (Lipinski definition) is 1. The van der Waals surface area contributed by atoms with E-state index in [9.17, 15) is 4.79 Å². The third kappa shape index (κ3) is 4.36. The minimum Gasteiger partial charge on any atom is -0.497 e. The largest absolute Gasteiger partial charge is 0.497 e. The van der Waals surface area contributed by atoms with Gasteiger partial charge in [0.05, 0.1) is 18.2 Å². The van der Waals surface area contributed by atoms with Gasteiger partial charge in [0.25, 0.3) is 0 Å². The number of nitrogens with zero attached hydrogens (tertiary/aromatic N) is 1. The number of anilines is 1. The summed E-state index contributed by atoms with van der Waals surface area (Å²) in [6.07, 6.45) is 0. The molecule has 0 atom stereocenters. The lowest BCUT2D eigenvalue weighted by atomic mass is 10.1. The van der Waals surface area contributed by atoms with Crippen LogP contribution in [0.3, 0.4) is 0 Å². The van der Waals surface area contributed by atoms with Gasteiger partial charge < -0.3 is 14.5 Å². The van der Waals surface area contributed by atoms with Crippen LogP contribution in [0.4, 0.5) is 11.4 Å². The number of rotatable bonds is 4. The zero-order valence-corrected chi connectivity index (χ0v) is 17.2. The molecule has 4 aromatic rings. The molecular formula is C24H19ClN2O3. The van der Waals surface area contributed by atoms with E-state index in [-0.39, 0.29) is 5.91 Å². The van der Waals surface area contributed by atoms with E-state index in [0.717, 1.165) is 33.4 Å². The number of halogens is 1. The van der Waals surface area contributed by atoms with Gasteiger partial charge in [-0.25, -0.2) is 4.99 Å². The highest BCUT2D eigenvalue weighted by Crippen LogP contribution is 2.26. The molecule has 0 saturated heterocycles. The summed E-state index contributed by atoms with van der Waals surface area (Å²) < 4.78 is 11.5. The second kappa shape index (κ2) is 8.43. The van der Waals surface area contributed by atoms with Gasteiger partial charge in [-0.2, -0.15) is 0 Å². The first kappa shape index (κ1) is 19.7. The molecule has 0 radical (unpaired) electrons. The van der Waals surface area contributed by atoms with E-state index in [1.54, 1.807) is 7.11 Å². The molecule has 3 aromatic carbocycles. The van der Waals surface area contributed by atoms with Crippen LogP contribution in [0.15, 0.2) is 82.2 Å². The number of carbonyl (C=O) groups excluding carboxylic acids is 1. The first-order chi connectivity index (χ1) is 14.5. The molecule has 0 fully saturated rings. The smallest absolute Gasteiger partial charge is 0.221 e. The van der Waals surface area contributed by atoms with E-state index in [1.807, 2.05) is 72.8 Å². The van der Waals surface area contributed by atoms with Crippen LogP contribution in [0.5, 0.6) is 5.75 Å². The van der Waals surface area contributed by atoms with Crippen molar-refractivity contribution in [3.63, 3.8) is 0 Å². The van der Waals surface area contributed by atoms with E-state index in [2.05, 4.69) is 5.32 Å². The normalized spacial score (nSPS) is 11.5. The number of fused-ring (bicyclic) bond motifs is 1. The van der Waals surface area contributed by atoms with Gasteiger partial charge in [0, 0.05) is 34.6 Å². The standard InChI is InChI=1S/C24H19ClN2O3/c1-15(28)26-18-7-9-19(10-8-18)27-22-14-24(16-3-5-17(25)6-4-16)30-23-12-11-20(29-2)13-21(22)23/h3-14H,1-2H3,(H,26,28). The fourth-order valence-electron chi connectivity index (χ4n) is 3.09. The van der Waals surface area contributed by atoms with Crippen molar-refractivity contribution >= 4 is 39.9 Å². The van der Waals surface area contributed by atoms with E-state index in [4.69, 9.17) is 25.7 Å². The highest BCUT2D eigenvalue weighted by Gasteiger charge is 2.08. The second-order valence-electron chi connectivity index (χ2n) is 6.70. The quantitative estimate of drug-likeness (QED) is 0.445. The zero-order valence-electron chi connectivity index (χ0n) is 16.5. The highest BCUT2D eigenvalue weighted by atomic mass is 35.5. The molecule has 30 heavy (non-hydrogen) atoms. The number of ether oxygens (including phenoxy) is 1. The van der Waals surface area contributed by atoms with Crippen molar-refractivity contribution in [3.05, 3.63) is 83.2 Å². The molecule has 0 aliphatic heterocycles. The Morgan fingerprint density at radius 3 is 2.40 bits per heavy atom. The molecular weight excluding hydrogens is 400 g/mol. The average molecular weight is 419 g/mol. The summed E-state index contributed by atoms with van der Waals surface area (Å²) in [6, 6.07) is 22.3. The van der Waals surface area contributed by atoms with Crippen LogP contribution in [-0.4, -0.2) is 13.0 Å². The topological polar surface area (TPSA) is 63.8 Å². The molecule has 5 nitrogen and oxygen atoms in total. The summed E-state index contributed by atoms with van der Waals surface area (Å²) in [7, 11) is 1.62. The van der Waals surface area contributed by atoms with Crippen LogP contribution in [0.25, 0.3) is 22.3 Å². The van der Waals surface area contributed by atoms with Gasteiger partial charge in [0.2, 0.25) is 5.91 Å². The van der Waals surface area contributed by atoms with Gasteiger partial charge in [-0.3, -0.25) is 4.79 Å². The maximum absolute atomic E-state index is 11.2. The van der Waals surface area contributed by atoms with Crippen molar-refractivity contribution in [3.8, 4) is 17.1 Å². The minimum absolute atomic E-state index is 0.116. The zero-order chi connectivity index (χ0) is 21.1. The third-order valence-electron chi connectivity index (χ3n) is 4.52. The molecule has 1 N–H and O–H groups in total. The van der Waals surface area contributed by atoms with Crippen LogP contribution in [0, 0.1) is 0 Å². The van der Waals surface area contributed by atoms with Crippen molar-refractivity contribution in [2.24, 2.45) is 4.99 Å². The van der Waals surface area contributed by atoms with Crippen LogP contribution < -0.4 is 15.4 Å². The molecule has 4 rings (SSSR count). The molecule has 1 heterocycles. The summed E-state index contributed by atoms with van der Waals surface area (Å²) in [5, 5.41) is 4.99. The first-order valence-electron chi connectivity index (χ1n) is 9.32.